The highest BCUT2D eigenvalue weighted by atomic mass is 32.1. The predicted octanol–water partition coefficient (Wildman–Crippen LogP) is 1.58. The fourth-order valence-corrected chi connectivity index (χ4v) is 2.14. The molecule has 0 saturated heterocycles. The second-order valence-electron chi connectivity index (χ2n) is 3.52. The lowest BCUT2D eigenvalue weighted by atomic mass is 10.3. The number of hydrazine groups is 1. The Balaban J connectivity index is 2.07. The van der Waals surface area contributed by atoms with Crippen LogP contribution in [0.5, 0.6) is 0 Å². The Morgan fingerprint density at radius 3 is 3.20 bits per heavy atom. The number of nitriles is 1. The molecule has 0 bridgehead atoms. The van der Waals surface area contributed by atoms with Gasteiger partial charge in [-0.05, 0) is 18.4 Å². The van der Waals surface area contributed by atoms with Gasteiger partial charge in [-0.2, -0.15) is 5.26 Å². The summed E-state index contributed by atoms with van der Waals surface area (Å²) in [7, 11) is 0. The fraction of sp³-hybridized carbons (Fsp3) is 0.167. The van der Waals surface area contributed by atoms with Gasteiger partial charge in [-0.25, -0.2) is 14.8 Å². The summed E-state index contributed by atoms with van der Waals surface area (Å²) in [6.45, 7) is 1.89. The first-order valence-corrected chi connectivity index (χ1v) is 6.61. The van der Waals surface area contributed by atoms with Crippen molar-refractivity contribution in [3.63, 3.8) is 0 Å². The molecule has 8 heteroatoms. The number of anilines is 1. The average molecular weight is 289 g/mol. The average Bonchev–Trinajstić information content (AvgIpc) is 2.93. The zero-order chi connectivity index (χ0) is 14.4. The fourth-order valence-electron chi connectivity index (χ4n) is 1.41. The van der Waals surface area contributed by atoms with Gasteiger partial charge in [0.2, 0.25) is 0 Å². The Hall–Kier alpha value is -2.66. The summed E-state index contributed by atoms with van der Waals surface area (Å²) in [4.78, 5) is 20.4. The van der Waals surface area contributed by atoms with Crippen molar-refractivity contribution in [3.8, 4) is 6.07 Å². The maximum absolute atomic E-state index is 11.4. The lowest BCUT2D eigenvalue weighted by Crippen LogP contribution is -2.18. The van der Waals surface area contributed by atoms with Gasteiger partial charge in [0.1, 0.15) is 17.2 Å². The third-order valence-corrected chi connectivity index (χ3v) is 3.11. The first kappa shape index (κ1) is 13.8. The second-order valence-corrected chi connectivity index (χ2v) is 4.42. The molecule has 0 spiro atoms. The van der Waals surface area contributed by atoms with E-state index < -0.39 is 5.97 Å². The van der Waals surface area contributed by atoms with E-state index >= 15 is 0 Å². The standard InChI is InChI=1S/C12H11N5O2S/c1-2-19-12(18)8(5-13)6-16-17-10-9-3-4-20-11(9)15-7-14-10/h3-4,6-7,16H,2H2,1H3,(H,14,15,17)/b8-6+. The summed E-state index contributed by atoms with van der Waals surface area (Å²) in [5.41, 5.74) is 5.33. The molecule has 0 amide bonds. The van der Waals surface area contributed by atoms with Crippen LogP contribution in [0.1, 0.15) is 6.92 Å². The molecule has 0 radical (unpaired) electrons. The summed E-state index contributed by atoms with van der Waals surface area (Å²) < 4.78 is 4.73. The zero-order valence-corrected chi connectivity index (χ0v) is 11.4. The van der Waals surface area contributed by atoms with Crippen LogP contribution in [0, 0.1) is 11.3 Å². The molecule has 0 aromatic carbocycles. The molecule has 0 fully saturated rings. The van der Waals surface area contributed by atoms with E-state index in [1.165, 1.54) is 23.9 Å². The molecule has 7 nitrogen and oxygen atoms in total. The number of hydrogen-bond donors (Lipinski definition) is 2. The first-order valence-electron chi connectivity index (χ1n) is 5.73. The van der Waals surface area contributed by atoms with E-state index in [1.54, 1.807) is 13.0 Å². The molecule has 0 atom stereocenters. The molecule has 2 N–H and O–H groups in total. The van der Waals surface area contributed by atoms with E-state index in [2.05, 4.69) is 20.8 Å². The predicted molar refractivity (Wildman–Crippen MR) is 74.5 cm³/mol. The van der Waals surface area contributed by atoms with Gasteiger partial charge in [0.25, 0.3) is 0 Å². The molecule has 2 heterocycles. The van der Waals surface area contributed by atoms with Gasteiger partial charge in [0.05, 0.1) is 12.0 Å². The number of aromatic nitrogens is 2. The van der Waals surface area contributed by atoms with Crippen molar-refractivity contribution in [1.29, 1.82) is 5.26 Å². The number of ether oxygens (including phenoxy) is 1. The highest BCUT2D eigenvalue weighted by Crippen LogP contribution is 2.22. The summed E-state index contributed by atoms with van der Waals surface area (Å²) in [6, 6.07) is 3.64. The molecule has 2 aromatic rings. The topological polar surface area (TPSA) is 99.9 Å². The summed E-state index contributed by atoms with van der Waals surface area (Å²) >= 11 is 1.50. The van der Waals surface area contributed by atoms with Crippen LogP contribution in [-0.2, 0) is 9.53 Å². The minimum atomic E-state index is -0.673. The van der Waals surface area contributed by atoms with E-state index in [9.17, 15) is 4.79 Å². The SMILES string of the molecule is CCOC(=O)/C(C#N)=C/NNc1ncnc2sccc12. The van der Waals surface area contributed by atoms with Crippen LogP contribution in [0.3, 0.4) is 0 Å². The van der Waals surface area contributed by atoms with Gasteiger partial charge >= 0.3 is 5.97 Å². The number of carbonyl (C=O) groups excluding carboxylic acids is 1. The third kappa shape index (κ3) is 3.02. The molecular formula is C12H11N5O2S. The Kier molecular flexibility index (Phi) is 4.47. The highest BCUT2D eigenvalue weighted by molar-refractivity contribution is 7.16. The van der Waals surface area contributed by atoms with E-state index in [0.717, 1.165) is 10.2 Å². The summed E-state index contributed by atoms with van der Waals surface area (Å²) in [6.07, 6.45) is 2.67. The largest absolute Gasteiger partial charge is 0.462 e. The number of rotatable bonds is 5. The van der Waals surface area contributed by atoms with Gasteiger partial charge in [-0.3, -0.25) is 5.43 Å². The lowest BCUT2D eigenvalue weighted by molar-refractivity contribution is -0.138. The van der Waals surface area contributed by atoms with Crippen molar-refractivity contribution in [2.45, 2.75) is 6.92 Å². The maximum atomic E-state index is 11.4. The molecule has 102 valence electrons. The van der Waals surface area contributed by atoms with Crippen molar-refractivity contribution in [2.24, 2.45) is 0 Å². The molecule has 0 saturated carbocycles. The second kappa shape index (κ2) is 6.49. The number of carbonyl (C=O) groups is 1. The van der Waals surface area contributed by atoms with Crippen molar-refractivity contribution < 1.29 is 9.53 Å². The molecular weight excluding hydrogens is 278 g/mol. The van der Waals surface area contributed by atoms with Crippen LogP contribution in [0.25, 0.3) is 10.2 Å². The van der Waals surface area contributed by atoms with Crippen LogP contribution in [0.2, 0.25) is 0 Å². The minimum Gasteiger partial charge on any atom is -0.462 e. The number of thiophene rings is 1. The normalized spacial score (nSPS) is 10.9. The number of nitrogens with zero attached hydrogens (tertiary/aromatic N) is 3. The van der Waals surface area contributed by atoms with Crippen LogP contribution >= 0.6 is 11.3 Å². The summed E-state index contributed by atoms with van der Waals surface area (Å²) in [5, 5.41) is 11.6. The van der Waals surface area contributed by atoms with Gasteiger partial charge in [-0.1, -0.05) is 0 Å². The van der Waals surface area contributed by atoms with Crippen molar-refractivity contribution in [3.05, 3.63) is 29.5 Å². The van der Waals surface area contributed by atoms with Crippen molar-refractivity contribution >= 4 is 33.3 Å². The quantitative estimate of drug-likeness (QED) is 0.373. The van der Waals surface area contributed by atoms with E-state index in [4.69, 9.17) is 10.00 Å². The van der Waals surface area contributed by atoms with Gasteiger partial charge < -0.3 is 10.2 Å². The van der Waals surface area contributed by atoms with Gasteiger partial charge in [0, 0.05) is 6.20 Å². The first-order chi connectivity index (χ1) is 9.76. The number of nitrogens with one attached hydrogen (secondary N) is 2. The van der Waals surface area contributed by atoms with Crippen LogP contribution in [-0.4, -0.2) is 22.5 Å². The molecule has 2 rings (SSSR count). The third-order valence-electron chi connectivity index (χ3n) is 2.28. The summed E-state index contributed by atoms with van der Waals surface area (Å²) in [5.74, 6) is -0.110. The lowest BCUT2D eigenvalue weighted by Gasteiger charge is -2.06. The highest BCUT2D eigenvalue weighted by Gasteiger charge is 2.09. The molecule has 0 unspecified atom stereocenters. The minimum absolute atomic E-state index is 0.130. The molecule has 0 aliphatic carbocycles. The Labute approximate surface area is 118 Å². The molecule has 0 aliphatic rings. The molecule has 0 aliphatic heterocycles. The maximum Gasteiger partial charge on any atom is 0.350 e. The number of fused-ring (bicyclic) bond motifs is 1. The smallest absolute Gasteiger partial charge is 0.350 e. The van der Waals surface area contributed by atoms with E-state index in [0.29, 0.717) is 5.82 Å². The van der Waals surface area contributed by atoms with Gasteiger partial charge in [0.15, 0.2) is 11.4 Å². The van der Waals surface area contributed by atoms with Crippen molar-refractivity contribution in [2.75, 3.05) is 12.0 Å². The molecule has 2 aromatic heterocycles. The van der Waals surface area contributed by atoms with Crippen molar-refractivity contribution in [1.82, 2.24) is 15.4 Å². The Morgan fingerprint density at radius 2 is 2.45 bits per heavy atom. The number of hydrogen-bond acceptors (Lipinski definition) is 8. The van der Waals surface area contributed by atoms with Crippen LogP contribution in [0.15, 0.2) is 29.5 Å². The Bertz CT molecular complexity index is 688. The monoisotopic (exact) mass is 289 g/mol. The van der Waals surface area contributed by atoms with Crippen LogP contribution in [0.4, 0.5) is 5.82 Å². The number of esters is 1. The van der Waals surface area contributed by atoms with Gasteiger partial charge in [-0.15, -0.1) is 11.3 Å². The van der Waals surface area contributed by atoms with E-state index in [-0.39, 0.29) is 12.2 Å². The van der Waals surface area contributed by atoms with E-state index in [1.807, 2.05) is 11.4 Å². The molecule has 20 heavy (non-hydrogen) atoms. The van der Waals surface area contributed by atoms with Crippen LogP contribution < -0.4 is 10.9 Å². The Morgan fingerprint density at radius 1 is 1.60 bits per heavy atom. The zero-order valence-electron chi connectivity index (χ0n) is 10.6.